The van der Waals surface area contributed by atoms with Crippen LogP contribution in [0.3, 0.4) is 0 Å². The zero-order chi connectivity index (χ0) is 28.8. The molecule has 1 aromatic heterocycles. The van der Waals surface area contributed by atoms with Crippen molar-refractivity contribution in [2.45, 2.75) is 71.2 Å². The Hall–Kier alpha value is -3.99. The predicted octanol–water partition coefficient (Wildman–Crippen LogP) is 3.32. The minimum Gasteiger partial charge on any atom is -0.348 e. The summed E-state index contributed by atoms with van der Waals surface area (Å²) in [7, 11) is 0. The maximum atomic E-state index is 15.3. The Morgan fingerprint density at radius 3 is 2.61 bits per heavy atom. The third-order valence-electron chi connectivity index (χ3n) is 8.30. The van der Waals surface area contributed by atoms with Crippen molar-refractivity contribution in [3.8, 4) is 0 Å². The smallest absolute Gasteiger partial charge is 0.331 e. The van der Waals surface area contributed by atoms with E-state index in [4.69, 9.17) is 0 Å². The maximum Gasteiger partial charge on any atom is 0.331 e. The lowest BCUT2D eigenvalue weighted by Gasteiger charge is -2.33. The van der Waals surface area contributed by atoms with E-state index in [2.05, 4.69) is 16.0 Å². The molecule has 3 N–H and O–H groups in total. The molecule has 41 heavy (non-hydrogen) atoms. The molecule has 1 aliphatic carbocycles. The van der Waals surface area contributed by atoms with E-state index in [-0.39, 0.29) is 41.1 Å². The van der Waals surface area contributed by atoms with Crippen molar-refractivity contribution < 1.29 is 14.0 Å². The number of nitrogens with zero attached hydrogens (tertiary/aromatic N) is 3. The maximum absolute atomic E-state index is 15.3. The van der Waals surface area contributed by atoms with Crippen LogP contribution in [-0.2, 0) is 19.6 Å². The number of anilines is 1. The molecule has 3 aromatic rings. The molecule has 1 saturated heterocycles. The molecule has 2 fully saturated rings. The number of likely N-dealkylation sites (tertiary alicyclic amines) is 1. The fraction of sp³-hybridized carbons (Fsp3) is 0.467. The van der Waals surface area contributed by atoms with Gasteiger partial charge in [0.15, 0.2) is 0 Å². The van der Waals surface area contributed by atoms with Crippen LogP contribution in [-0.4, -0.2) is 45.1 Å². The Balaban J connectivity index is 1.20. The molecule has 1 saturated carbocycles. The lowest BCUT2D eigenvalue weighted by atomic mass is 10.0. The van der Waals surface area contributed by atoms with Crippen LogP contribution in [0, 0.1) is 11.7 Å². The zero-order valence-electron chi connectivity index (χ0n) is 23.3. The van der Waals surface area contributed by atoms with Crippen LogP contribution >= 0.6 is 0 Å². The van der Waals surface area contributed by atoms with Gasteiger partial charge in [0.2, 0.25) is 0 Å². The SMILES string of the molecule is CC(C)n1c(=O)n(CC2CC2)c(=O)c2cc(NC(=O)N3CCC[C@@H](NC(=O)c4ccc5c(c4)CNC5)C3)c(F)cc21. The number of rotatable bonds is 6. The van der Waals surface area contributed by atoms with Crippen molar-refractivity contribution in [1.29, 1.82) is 0 Å². The number of urea groups is 1. The van der Waals surface area contributed by atoms with Crippen LogP contribution in [0.1, 0.15) is 67.1 Å². The topological polar surface area (TPSA) is 117 Å². The average molecular weight is 563 g/mol. The van der Waals surface area contributed by atoms with Crippen LogP contribution in [0.2, 0.25) is 0 Å². The quantitative estimate of drug-likeness (QED) is 0.426. The Labute approximate surface area is 236 Å². The molecular weight excluding hydrogens is 527 g/mol. The van der Waals surface area contributed by atoms with E-state index in [9.17, 15) is 19.2 Å². The Morgan fingerprint density at radius 2 is 1.85 bits per heavy atom. The molecule has 3 amide bonds. The minimum absolute atomic E-state index is 0.121. The summed E-state index contributed by atoms with van der Waals surface area (Å²) in [5.74, 6) is -0.622. The Bertz CT molecular complexity index is 1660. The van der Waals surface area contributed by atoms with Crippen LogP contribution in [0.4, 0.5) is 14.9 Å². The van der Waals surface area contributed by atoms with Gasteiger partial charge in [0.25, 0.3) is 11.5 Å². The van der Waals surface area contributed by atoms with E-state index >= 15 is 4.39 Å². The van der Waals surface area contributed by atoms with Crippen LogP contribution in [0.25, 0.3) is 10.9 Å². The number of benzene rings is 2. The molecule has 3 aliphatic rings. The normalized spacial score (nSPS) is 18.5. The van der Waals surface area contributed by atoms with Crippen molar-refractivity contribution in [2.75, 3.05) is 18.4 Å². The highest BCUT2D eigenvalue weighted by atomic mass is 19.1. The van der Waals surface area contributed by atoms with Gasteiger partial charge in [0, 0.05) is 56.4 Å². The number of carbonyl (C=O) groups is 2. The molecule has 216 valence electrons. The highest BCUT2D eigenvalue weighted by molar-refractivity contribution is 5.95. The summed E-state index contributed by atoms with van der Waals surface area (Å²) < 4.78 is 18.0. The van der Waals surface area contributed by atoms with E-state index in [1.54, 1.807) is 4.90 Å². The van der Waals surface area contributed by atoms with Gasteiger partial charge in [-0.05, 0) is 74.8 Å². The third-order valence-corrected chi connectivity index (χ3v) is 8.30. The van der Waals surface area contributed by atoms with Crippen molar-refractivity contribution in [1.82, 2.24) is 24.7 Å². The van der Waals surface area contributed by atoms with Crippen LogP contribution in [0.15, 0.2) is 39.9 Å². The van der Waals surface area contributed by atoms with Gasteiger partial charge < -0.3 is 20.9 Å². The number of nitrogens with one attached hydrogen (secondary N) is 3. The average Bonchev–Trinajstić information content (AvgIpc) is 3.65. The summed E-state index contributed by atoms with van der Waals surface area (Å²) in [6.45, 7) is 6.24. The number of halogens is 1. The van der Waals surface area contributed by atoms with Crippen molar-refractivity contribution in [2.24, 2.45) is 5.92 Å². The number of piperidine rings is 1. The van der Waals surface area contributed by atoms with E-state index in [0.717, 1.165) is 44.0 Å². The fourth-order valence-electron chi connectivity index (χ4n) is 5.89. The second kappa shape index (κ2) is 10.8. The van der Waals surface area contributed by atoms with Gasteiger partial charge in [-0.2, -0.15) is 0 Å². The number of aromatic nitrogens is 2. The van der Waals surface area contributed by atoms with Gasteiger partial charge in [-0.1, -0.05) is 6.07 Å². The lowest BCUT2D eigenvalue weighted by molar-refractivity contribution is 0.0913. The molecule has 2 aromatic carbocycles. The first-order chi connectivity index (χ1) is 19.7. The van der Waals surface area contributed by atoms with Gasteiger partial charge in [-0.25, -0.2) is 14.0 Å². The van der Waals surface area contributed by atoms with Crippen molar-refractivity contribution in [3.63, 3.8) is 0 Å². The van der Waals surface area contributed by atoms with E-state index in [0.29, 0.717) is 31.0 Å². The third kappa shape index (κ3) is 5.38. The molecule has 1 atom stereocenters. The van der Waals surface area contributed by atoms with Gasteiger partial charge in [-0.15, -0.1) is 0 Å². The zero-order valence-corrected chi connectivity index (χ0v) is 23.3. The molecule has 6 rings (SSSR count). The highest BCUT2D eigenvalue weighted by Crippen LogP contribution is 2.30. The predicted molar refractivity (Wildman–Crippen MR) is 154 cm³/mol. The number of hydrogen-bond acceptors (Lipinski definition) is 5. The molecule has 11 heteroatoms. The summed E-state index contributed by atoms with van der Waals surface area (Å²) in [5, 5.41) is 9.12. The largest absolute Gasteiger partial charge is 0.348 e. The van der Waals surface area contributed by atoms with E-state index in [1.165, 1.54) is 20.8 Å². The van der Waals surface area contributed by atoms with Gasteiger partial charge in [0.05, 0.1) is 16.6 Å². The van der Waals surface area contributed by atoms with Gasteiger partial charge in [-0.3, -0.25) is 18.7 Å². The summed E-state index contributed by atoms with van der Waals surface area (Å²) in [4.78, 5) is 54.1. The minimum atomic E-state index is -0.730. The second-order valence-electron chi connectivity index (χ2n) is 11.7. The van der Waals surface area contributed by atoms with E-state index < -0.39 is 23.1 Å². The summed E-state index contributed by atoms with van der Waals surface area (Å²) in [6.07, 6.45) is 3.34. The van der Waals surface area contributed by atoms with E-state index in [1.807, 2.05) is 32.0 Å². The first-order valence-electron chi connectivity index (χ1n) is 14.4. The number of fused-ring (bicyclic) bond motifs is 2. The van der Waals surface area contributed by atoms with Crippen molar-refractivity contribution >= 4 is 28.5 Å². The summed E-state index contributed by atoms with van der Waals surface area (Å²) in [6, 6.07) is 7.12. The molecule has 3 heterocycles. The van der Waals surface area contributed by atoms with Gasteiger partial charge >= 0.3 is 11.7 Å². The molecule has 0 radical (unpaired) electrons. The highest BCUT2D eigenvalue weighted by Gasteiger charge is 2.28. The summed E-state index contributed by atoms with van der Waals surface area (Å²) >= 11 is 0. The first-order valence-corrected chi connectivity index (χ1v) is 14.4. The Morgan fingerprint density at radius 1 is 1.07 bits per heavy atom. The van der Waals surface area contributed by atoms with Crippen LogP contribution in [0.5, 0.6) is 0 Å². The number of carbonyl (C=O) groups excluding carboxylic acids is 2. The molecule has 0 unspecified atom stereocenters. The fourth-order valence-corrected chi connectivity index (χ4v) is 5.89. The molecular formula is C30H35FN6O4. The molecule has 0 bridgehead atoms. The molecule has 10 nitrogen and oxygen atoms in total. The molecule has 2 aliphatic heterocycles. The van der Waals surface area contributed by atoms with Crippen molar-refractivity contribution in [3.05, 3.63) is 73.7 Å². The number of amides is 3. The lowest BCUT2D eigenvalue weighted by Crippen LogP contribution is -2.50. The Kier molecular flexibility index (Phi) is 7.14. The van der Waals surface area contributed by atoms with Gasteiger partial charge in [0.1, 0.15) is 5.82 Å². The first kappa shape index (κ1) is 27.2. The monoisotopic (exact) mass is 562 g/mol. The summed E-state index contributed by atoms with van der Waals surface area (Å²) in [5.41, 5.74) is 2.05. The van der Waals surface area contributed by atoms with Crippen LogP contribution < -0.4 is 27.2 Å². The second-order valence-corrected chi connectivity index (χ2v) is 11.7. The standard InChI is InChI=1S/C30H35FN6O4/c1-17(2)37-26-12-24(31)25(11-23(26)28(39)36(30(37)41)15-18-5-6-18)34-29(40)35-9-3-4-22(16-35)33-27(38)19-7-8-20-13-32-14-21(20)10-19/h7-8,10-12,17-18,22,32H,3-6,9,13-16H2,1-2H3,(H,33,38)(H,34,40)/t22-/m1/s1. The number of hydrogen-bond donors (Lipinski definition) is 3. The molecule has 0 spiro atoms.